The summed E-state index contributed by atoms with van der Waals surface area (Å²) in [5, 5.41) is 8.15. The summed E-state index contributed by atoms with van der Waals surface area (Å²) in [5.41, 5.74) is 1.49. The number of nitrogens with one attached hydrogen (secondary N) is 1. The molecule has 0 aliphatic carbocycles. The van der Waals surface area contributed by atoms with Gasteiger partial charge in [0.25, 0.3) is 0 Å². The van der Waals surface area contributed by atoms with Crippen molar-refractivity contribution in [3.8, 4) is 0 Å². The van der Waals surface area contributed by atoms with Crippen molar-refractivity contribution in [2.24, 2.45) is 0 Å². The van der Waals surface area contributed by atoms with E-state index in [4.69, 9.17) is 0 Å². The summed E-state index contributed by atoms with van der Waals surface area (Å²) in [6.07, 6.45) is 9.39. The minimum atomic E-state index is 0.586. The minimum absolute atomic E-state index is 0.586. The van der Waals surface area contributed by atoms with Crippen molar-refractivity contribution >= 4 is 11.3 Å². The predicted molar refractivity (Wildman–Crippen MR) is 78.7 cm³/mol. The molecule has 17 heavy (non-hydrogen) atoms. The van der Waals surface area contributed by atoms with Gasteiger partial charge in [-0.3, -0.25) is 0 Å². The summed E-state index contributed by atoms with van der Waals surface area (Å²) < 4.78 is 0. The van der Waals surface area contributed by atoms with Crippen molar-refractivity contribution in [1.82, 2.24) is 5.32 Å². The molecule has 0 fully saturated rings. The van der Waals surface area contributed by atoms with Crippen LogP contribution in [0.5, 0.6) is 0 Å². The van der Waals surface area contributed by atoms with Gasteiger partial charge in [-0.25, -0.2) is 0 Å². The summed E-state index contributed by atoms with van der Waals surface area (Å²) in [5.74, 6) is 0. The van der Waals surface area contributed by atoms with Crippen LogP contribution in [-0.2, 0) is 0 Å². The van der Waals surface area contributed by atoms with Crippen LogP contribution in [0, 0.1) is 0 Å². The Balaban J connectivity index is 2.26. The maximum Gasteiger partial charge on any atom is 0.0328 e. The molecule has 2 heteroatoms. The first-order chi connectivity index (χ1) is 8.38. The van der Waals surface area contributed by atoms with E-state index in [1.54, 1.807) is 0 Å². The molecule has 1 aromatic heterocycles. The molecule has 0 radical (unpaired) electrons. The Kier molecular flexibility index (Phi) is 8.37. The zero-order valence-corrected chi connectivity index (χ0v) is 12.2. The number of hydrogen-bond donors (Lipinski definition) is 1. The van der Waals surface area contributed by atoms with Crippen molar-refractivity contribution in [3.63, 3.8) is 0 Å². The smallest absolute Gasteiger partial charge is 0.0328 e. The van der Waals surface area contributed by atoms with E-state index in [2.05, 4.69) is 36.0 Å². The minimum Gasteiger partial charge on any atom is -0.310 e. The molecular formula is C15H27NS. The lowest BCUT2D eigenvalue weighted by molar-refractivity contribution is 0.469. The van der Waals surface area contributed by atoms with Gasteiger partial charge >= 0.3 is 0 Å². The number of unbranched alkanes of at least 4 members (excludes halogenated alkanes) is 4. The van der Waals surface area contributed by atoms with Gasteiger partial charge in [-0.1, -0.05) is 46.0 Å². The number of hydrogen-bond acceptors (Lipinski definition) is 2. The average molecular weight is 253 g/mol. The highest BCUT2D eigenvalue weighted by Crippen LogP contribution is 2.22. The molecule has 0 saturated carbocycles. The largest absolute Gasteiger partial charge is 0.310 e. The monoisotopic (exact) mass is 253 g/mol. The molecule has 1 N–H and O–H groups in total. The normalized spacial score (nSPS) is 12.8. The highest BCUT2D eigenvalue weighted by atomic mass is 32.1. The van der Waals surface area contributed by atoms with Crippen LogP contribution in [0.1, 0.15) is 70.4 Å². The van der Waals surface area contributed by atoms with Gasteiger partial charge < -0.3 is 5.32 Å². The van der Waals surface area contributed by atoms with Gasteiger partial charge in [0.2, 0.25) is 0 Å². The Morgan fingerprint density at radius 1 is 1.12 bits per heavy atom. The van der Waals surface area contributed by atoms with Crippen LogP contribution in [0.2, 0.25) is 0 Å². The molecule has 98 valence electrons. The summed E-state index contributed by atoms with van der Waals surface area (Å²) in [6, 6.07) is 2.85. The van der Waals surface area contributed by atoms with E-state index >= 15 is 0 Å². The van der Waals surface area contributed by atoms with Gasteiger partial charge in [0, 0.05) is 6.04 Å². The number of rotatable bonds is 10. The van der Waals surface area contributed by atoms with Crippen LogP contribution in [0.4, 0.5) is 0 Å². The third-order valence-corrected chi connectivity index (χ3v) is 3.88. The van der Waals surface area contributed by atoms with E-state index in [-0.39, 0.29) is 0 Å². The average Bonchev–Trinajstić information content (AvgIpc) is 2.86. The van der Waals surface area contributed by atoms with E-state index in [1.165, 1.54) is 50.5 Å². The third-order valence-electron chi connectivity index (χ3n) is 3.18. The van der Waals surface area contributed by atoms with Crippen LogP contribution >= 0.6 is 11.3 Å². The maximum absolute atomic E-state index is 3.67. The third kappa shape index (κ3) is 6.23. The highest BCUT2D eigenvalue weighted by molar-refractivity contribution is 7.07. The molecule has 1 nitrogen and oxygen atoms in total. The predicted octanol–water partition coefficient (Wildman–Crippen LogP) is 5.15. The lowest BCUT2D eigenvalue weighted by Gasteiger charge is -2.17. The molecule has 0 amide bonds. The Morgan fingerprint density at radius 3 is 2.59 bits per heavy atom. The fraction of sp³-hybridized carbons (Fsp3) is 0.733. The second kappa shape index (κ2) is 9.67. The molecule has 0 aliphatic heterocycles. The lowest BCUT2D eigenvalue weighted by atomic mass is 10.0. The lowest BCUT2D eigenvalue weighted by Crippen LogP contribution is -2.21. The van der Waals surface area contributed by atoms with E-state index in [0.29, 0.717) is 6.04 Å². The van der Waals surface area contributed by atoms with Crippen molar-refractivity contribution in [2.45, 2.75) is 64.8 Å². The molecule has 0 spiro atoms. The zero-order valence-electron chi connectivity index (χ0n) is 11.4. The van der Waals surface area contributed by atoms with Crippen molar-refractivity contribution in [1.29, 1.82) is 0 Å². The molecular weight excluding hydrogens is 226 g/mol. The summed E-state index contributed by atoms with van der Waals surface area (Å²) in [4.78, 5) is 0. The Hall–Kier alpha value is -0.340. The van der Waals surface area contributed by atoms with Crippen molar-refractivity contribution < 1.29 is 0 Å². The van der Waals surface area contributed by atoms with Gasteiger partial charge in [0.15, 0.2) is 0 Å². The summed E-state index contributed by atoms with van der Waals surface area (Å²) in [6.45, 7) is 5.64. The van der Waals surface area contributed by atoms with Crippen LogP contribution in [0.25, 0.3) is 0 Å². The molecule has 1 unspecified atom stereocenters. The fourth-order valence-electron chi connectivity index (χ4n) is 2.13. The molecule has 0 saturated heterocycles. The fourth-order valence-corrected chi connectivity index (χ4v) is 2.84. The van der Waals surface area contributed by atoms with Gasteiger partial charge in [-0.2, -0.15) is 11.3 Å². The Morgan fingerprint density at radius 2 is 1.94 bits per heavy atom. The summed E-state index contributed by atoms with van der Waals surface area (Å²) >= 11 is 1.81. The SMILES string of the molecule is CCCCCCCC(NCCC)c1ccsc1. The highest BCUT2D eigenvalue weighted by Gasteiger charge is 2.10. The molecule has 1 rings (SSSR count). The zero-order chi connectivity index (χ0) is 12.3. The van der Waals surface area contributed by atoms with E-state index in [9.17, 15) is 0 Å². The second-order valence-electron chi connectivity index (χ2n) is 4.77. The van der Waals surface area contributed by atoms with E-state index < -0.39 is 0 Å². The van der Waals surface area contributed by atoms with E-state index in [0.717, 1.165) is 6.54 Å². The van der Waals surface area contributed by atoms with Gasteiger partial charge in [-0.15, -0.1) is 0 Å². The van der Waals surface area contributed by atoms with Crippen molar-refractivity contribution in [3.05, 3.63) is 22.4 Å². The van der Waals surface area contributed by atoms with Crippen LogP contribution in [0.3, 0.4) is 0 Å². The quantitative estimate of drug-likeness (QED) is 0.569. The molecule has 1 aromatic rings. The summed E-state index contributed by atoms with van der Waals surface area (Å²) in [7, 11) is 0. The maximum atomic E-state index is 3.67. The van der Waals surface area contributed by atoms with Gasteiger partial charge in [0.05, 0.1) is 0 Å². The first-order valence-corrected chi connectivity index (χ1v) is 8.08. The van der Waals surface area contributed by atoms with E-state index in [1.807, 2.05) is 11.3 Å². The molecule has 0 bridgehead atoms. The van der Waals surface area contributed by atoms with Crippen LogP contribution < -0.4 is 5.32 Å². The van der Waals surface area contributed by atoms with Gasteiger partial charge in [-0.05, 0) is 41.8 Å². The molecule has 1 heterocycles. The molecule has 0 aromatic carbocycles. The number of thiophene rings is 1. The van der Waals surface area contributed by atoms with Gasteiger partial charge in [0.1, 0.15) is 0 Å². The Labute approximate surface area is 111 Å². The molecule has 0 aliphatic rings. The molecule has 1 atom stereocenters. The first-order valence-electron chi connectivity index (χ1n) is 7.14. The first kappa shape index (κ1) is 14.7. The van der Waals surface area contributed by atoms with Crippen LogP contribution in [0.15, 0.2) is 16.8 Å². The van der Waals surface area contributed by atoms with Crippen LogP contribution in [-0.4, -0.2) is 6.54 Å². The van der Waals surface area contributed by atoms with Crippen molar-refractivity contribution in [2.75, 3.05) is 6.54 Å². The standard InChI is InChI=1S/C15H27NS/c1-3-5-6-7-8-9-15(16-11-4-2)14-10-12-17-13-14/h10,12-13,15-16H,3-9,11H2,1-2H3. The Bertz CT molecular complexity index is 256. The topological polar surface area (TPSA) is 12.0 Å². The second-order valence-corrected chi connectivity index (χ2v) is 5.55.